The van der Waals surface area contributed by atoms with Crippen molar-refractivity contribution in [2.75, 3.05) is 38.2 Å². The van der Waals surface area contributed by atoms with Gasteiger partial charge >= 0.3 is 6.03 Å². The first kappa shape index (κ1) is 18.1. The molecule has 1 heterocycles. The van der Waals surface area contributed by atoms with Crippen molar-refractivity contribution in [3.05, 3.63) is 59.2 Å². The monoisotopic (exact) mass is 353 g/mol. The number of nitrogens with zero attached hydrogens (tertiary/aromatic N) is 2. The molecule has 5 heteroatoms. The van der Waals surface area contributed by atoms with E-state index in [1.807, 2.05) is 29.2 Å². The van der Waals surface area contributed by atoms with Crippen LogP contribution in [0.1, 0.15) is 16.7 Å². The molecule has 0 bridgehead atoms. The number of hydrogen-bond donors (Lipinski definition) is 1. The highest BCUT2D eigenvalue weighted by Gasteiger charge is 2.22. The van der Waals surface area contributed by atoms with Gasteiger partial charge in [-0.3, -0.25) is 0 Å². The zero-order chi connectivity index (χ0) is 18.5. The van der Waals surface area contributed by atoms with Crippen molar-refractivity contribution in [3.63, 3.8) is 0 Å². The van der Waals surface area contributed by atoms with Crippen molar-refractivity contribution in [1.82, 2.24) is 10.2 Å². The van der Waals surface area contributed by atoms with E-state index in [-0.39, 0.29) is 6.03 Å². The van der Waals surface area contributed by atoms with E-state index in [9.17, 15) is 4.79 Å². The van der Waals surface area contributed by atoms with Gasteiger partial charge < -0.3 is 19.9 Å². The maximum absolute atomic E-state index is 12.4. The lowest BCUT2D eigenvalue weighted by Gasteiger charge is -2.37. The summed E-state index contributed by atoms with van der Waals surface area (Å²) in [6.45, 7) is 8.03. The van der Waals surface area contributed by atoms with E-state index in [4.69, 9.17) is 4.74 Å². The normalized spacial score (nSPS) is 14.3. The second kappa shape index (κ2) is 8.13. The Balaban J connectivity index is 1.51. The lowest BCUT2D eigenvalue weighted by atomic mass is 10.1. The molecule has 2 amide bonds. The molecule has 1 aliphatic heterocycles. The SMILES string of the molecule is COc1ccc(CNC(=O)N2CCN(c3c(C)cccc3C)CC2)cc1. The number of amides is 2. The van der Waals surface area contributed by atoms with Crippen LogP contribution in [0.4, 0.5) is 10.5 Å². The van der Waals surface area contributed by atoms with Crippen molar-refractivity contribution >= 4 is 11.7 Å². The number of rotatable bonds is 4. The zero-order valence-corrected chi connectivity index (χ0v) is 15.8. The molecule has 0 saturated carbocycles. The summed E-state index contributed by atoms with van der Waals surface area (Å²) in [7, 11) is 1.65. The summed E-state index contributed by atoms with van der Waals surface area (Å²) >= 11 is 0. The van der Waals surface area contributed by atoms with Crippen LogP contribution in [0.15, 0.2) is 42.5 Å². The van der Waals surface area contributed by atoms with Gasteiger partial charge in [-0.25, -0.2) is 4.79 Å². The molecule has 2 aromatic rings. The van der Waals surface area contributed by atoms with Gasteiger partial charge in [0, 0.05) is 38.4 Å². The molecule has 0 aromatic heterocycles. The van der Waals surface area contributed by atoms with Crippen LogP contribution in [0.2, 0.25) is 0 Å². The molecule has 1 fully saturated rings. The molecule has 0 radical (unpaired) electrons. The molecule has 2 aromatic carbocycles. The molecule has 0 spiro atoms. The number of nitrogens with one attached hydrogen (secondary N) is 1. The van der Waals surface area contributed by atoms with Gasteiger partial charge in [-0.1, -0.05) is 30.3 Å². The van der Waals surface area contributed by atoms with Gasteiger partial charge in [0.1, 0.15) is 5.75 Å². The van der Waals surface area contributed by atoms with E-state index < -0.39 is 0 Å². The minimum Gasteiger partial charge on any atom is -0.497 e. The molecule has 26 heavy (non-hydrogen) atoms. The predicted molar refractivity (Wildman–Crippen MR) is 105 cm³/mol. The average Bonchev–Trinajstić information content (AvgIpc) is 2.67. The summed E-state index contributed by atoms with van der Waals surface area (Å²) < 4.78 is 5.15. The van der Waals surface area contributed by atoms with Crippen LogP contribution in [0.25, 0.3) is 0 Å². The highest BCUT2D eigenvalue weighted by atomic mass is 16.5. The van der Waals surface area contributed by atoms with E-state index in [1.165, 1.54) is 16.8 Å². The minimum absolute atomic E-state index is 0.00183. The highest BCUT2D eigenvalue weighted by Crippen LogP contribution is 2.25. The second-order valence-electron chi connectivity index (χ2n) is 6.72. The van der Waals surface area contributed by atoms with Crippen LogP contribution in [-0.4, -0.2) is 44.2 Å². The van der Waals surface area contributed by atoms with E-state index in [2.05, 4.69) is 42.3 Å². The Kier molecular flexibility index (Phi) is 5.66. The quantitative estimate of drug-likeness (QED) is 0.917. The fourth-order valence-electron chi connectivity index (χ4n) is 3.47. The predicted octanol–water partition coefficient (Wildman–Crippen LogP) is 3.34. The van der Waals surface area contributed by atoms with Gasteiger partial charge in [-0.2, -0.15) is 0 Å². The Bertz CT molecular complexity index is 730. The van der Waals surface area contributed by atoms with Crippen LogP contribution >= 0.6 is 0 Å². The highest BCUT2D eigenvalue weighted by molar-refractivity contribution is 5.74. The standard InChI is InChI=1S/C21H27N3O2/c1-16-5-4-6-17(2)20(16)23-11-13-24(14-12-23)21(25)22-15-18-7-9-19(26-3)10-8-18/h4-10H,11-15H2,1-3H3,(H,22,25). The van der Waals surface area contributed by atoms with Crippen LogP contribution in [0.5, 0.6) is 5.75 Å². The summed E-state index contributed by atoms with van der Waals surface area (Å²) in [4.78, 5) is 16.7. The van der Waals surface area contributed by atoms with Gasteiger partial charge in [0.25, 0.3) is 0 Å². The first-order chi connectivity index (χ1) is 12.6. The summed E-state index contributed by atoms with van der Waals surface area (Å²) in [6, 6.07) is 14.1. The molecule has 1 saturated heterocycles. The lowest BCUT2D eigenvalue weighted by molar-refractivity contribution is 0.194. The molecule has 138 valence electrons. The smallest absolute Gasteiger partial charge is 0.317 e. The number of hydrogen-bond acceptors (Lipinski definition) is 3. The van der Waals surface area contributed by atoms with Crippen LogP contribution < -0.4 is 15.0 Å². The maximum Gasteiger partial charge on any atom is 0.317 e. The minimum atomic E-state index is 0.00183. The first-order valence-electron chi connectivity index (χ1n) is 9.05. The largest absolute Gasteiger partial charge is 0.497 e. The molecule has 0 atom stereocenters. The number of urea groups is 1. The third-order valence-electron chi connectivity index (χ3n) is 4.93. The number of anilines is 1. The Morgan fingerprint density at radius 2 is 1.62 bits per heavy atom. The third kappa shape index (κ3) is 4.10. The lowest BCUT2D eigenvalue weighted by Crippen LogP contribution is -2.52. The van der Waals surface area contributed by atoms with Gasteiger partial charge in [0.15, 0.2) is 0 Å². The Morgan fingerprint density at radius 3 is 2.19 bits per heavy atom. The van der Waals surface area contributed by atoms with Crippen LogP contribution in [-0.2, 0) is 6.54 Å². The average molecular weight is 353 g/mol. The van der Waals surface area contributed by atoms with Gasteiger partial charge in [-0.05, 0) is 42.7 Å². The Hall–Kier alpha value is -2.69. The molecule has 5 nitrogen and oxygen atoms in total. The number of aryl methyl sites for hydroxylation is 2. The molecule has 1 N–H and O–H groups in total. The first-order valence-corrected chi connectivity index (χ1v) is 9.05. The second-order valence-corrected chi connectivity index (χ2v) is 6.72. The number of para-hydroxylation sites is 1. The van der Waals surface area contributed by atoms with Crippen molar-refractivity contribution in [1.29, 1.82) is 0 Å². The molecule has 0 unspecified atom stereocenters. The molecule has 0 aliphatic carbocycles. The summed E-state index contributed by atoms with van der Waals surface area (Å²) in [5.41, 5.74) is 4.96. The van der Waals surface area contributed by atoms with Crippen molar-refractivity contribution in [3.8, 4) is 5.75 Å². The Labute approximate surface area is 155 Å². The maximum atomic E-state index is 12.4. The Morgan fingerprint density at radius 1 is 1.00 bits per heavy atom. The number of benzene rings is 2. The van der Waals surface area contributed by atoms with Crippen molar-refractivity contribution in [2.45, 2.75) is 20.4 Å². The number of carbonyl (C=O) groups excluding carboxylic acids is 1. The topological polar surface area (TPSA) is 44.8 Å². The van der Waals surface area contributed by atoms with E-state index in [0.717, 1.165) is 37.5 Å². The van der Waals surface area contributed by atoms with Crippen molar-refractivity contribution in [2.24, 2.45) is 0 Å². The van der Waals surface area contributed by atoms with Gasteiger partial charge in [0.05, 0.1) is 7.11 Å². The molecule has 3 rings (SSSR count). The summed E-state index contributed by atoms with van der Waals surface area (Å²) in [5.74, 6) is 0.822. The van der Waals surface area contributed by atoms with E-state index in [1.54, 1.807) is 7.11 Å². The molecular formula is C21H27N3O2. The summed E-state index contributed by atoms with van der Waals surface area (Å²) in [5, 5.41) is 3.01. The third-order valence-corrected chi connectivity index (χ3v) is 4.93. The summed E-state index contributed by atoms with van der Waals surface area (Å²) in [6.07, 6.45) is 0. The van der Waals surface area contributed by atoms with Crippen molar-refractivity contribution < 1.29 is 9.53 Å². The zero-order valence-electron chi connectivity index (χ0n) is 15.8. The van der Waals surface area contributed by atoms with E-state index in [0.29, 0.717) is 6.54 Å². The molecule has 1 aliphatic rings. The number of methoxy groups -OCH3 is 1. The number of piperazine rings is 1. The fourth-order valence-corrected chi connectivity index (χ4v) is 3.47. The van der Waals surface area contributed by atoms with Gasteiger partial charge in [-0.15, -0.1) is 0 Å². The van der Waals surface area contributed by atoms with Crippen LogP contribution in [0.3, 0.4) is 0 Å². The van der Waals surface area contributed by atoms with Crippen LogP contribution in [0, 0.1) is 13.8 Å². The molecular weight excluding hydrogens is 326 g/mol. The fraction of sp³-hybridized carbons (Fsp3) is 0.381. The number of ether oxygens (including phenoxy) is 1. The van der Waals surface area contributed by atoms with E-state index >= 15 is 0 Å². The van der Waals surface area contributed by atoms with Gasteiger partial charge in [0.2, 0.25) is 0 Å². The number of carbonyl (C=O) groups is 1.